The van der Waals surface area contributed by atoms with E-state index in [1.54, 1.807) is 18.5 Å². The molecule has 4 rings (SSSR count). The first-order valence-electron chi connectivity index (χ1n) is 9.03. The van der Waals surface area contributed by atoms with E-state index in [4.69, 9.17) is 10.5 Å². The number of piperidine rings is 1. The Labute approximate surface area is 152 Å². The van der Waals surface area contributed by atoms with E-state index in [2.05, 4.69) is 26.2 Å². The molecule has 0 spiro atoms. The maximum Gasteiger partial charge on any atom is 0.225 e. The Kier molecular flexibility index (Phi) is 4.88. The van der Waals surface area contributed by atoms with Gasteiger partial charge in [0.05, 0.1) is 24.6 Å². The Morgan fingerprint density at radius 3 is 2.35 bits per heavy atom. The lowest BCUT2D eigenvalue weighted by atomic mass is 10.0. The molecule has 0 unspecified atom stereocenters. The highest BCUT2D eigenvalue weighted by Gasteiger charge is 2.18. The van der Waals surface area contributed by atoms with Crippen molar-refractivity contribution in [3.05, 3.63) is 36.8 Å². The molecule has 26 heavy (non-hydrogen) atoms. The lowest BCUT2D eigenvalue weighted by Gasteiger charge is -2.30. The minimum absolute atomic E-state index is 0.300. The Balaban J connectivity index is 1.58. The van der Waals surface area contributed by atoms with Gasteiger partial charge in [-0.1, -0.05) is 0 Å². The molecule has 3 heterocycles. The van der Waals surface area contributed by atoms with Gasteiger partial charge in [0.2, 0.25) is 5.95 Å². The number of nitrogens with two attached hydrogens (primary N) is 1. The number of benzene rings is 1. The monoisotopic (exact) mass is 356 g/mol. The van der Waals surface area contributed by atoms with E-state index in [-0.39, 0.29) is 5.82 Å². The molecule has 0 aliphatic carbocycles. The largest absolute Gasteiger partial charge is 0.397 e. The van der Waals surface area contributed by atoms with Crippen LogP contribution < -0.4 is 15.5 Å². The van der Waals surface area contributed by atoms with Gasteiger partial charge in [0.15, 0.2) is 0 Å². The first kappa shape index (κ1) is 17.0. The molecular weight excluding hydrogens is 333 g/mol. The summed E-state index contributed by atoms with van der Waals surface area (Å²) >= 11 is 0. The molecule has 1 aromatic carbocycles. The van der Waals surface area contributed by atoms with Crippen LogP contribution in [-0.2, 0) is 4.74 Å². The molecule has 1 aromatic heterocycles. The van der Waals surface area contributed by atoms with E-state index in [0.717, 1.165) is 44.7 Å². The van der Waals surface area contributed by atoms with Gasteiger partial charge in [-0.25, -0.2) is 14.4 Å². The summed E-state index contributed by atoms with van der Waals surface area (Å²) in [5.41, 5.74) is 8.64. The maximum atomic E-state index is 14.8. The number of rotatable bonds is 3. The number of aromatic nitrogens is 2. The van der Waals surface area contributed by atoms with Crippen LogP contribution in [0.15, 0.2) is 24.5 Å². The Bertz CT molecular complexity index is 755. The molecule has 2 aliphatic rings. The fourth-order valence-corrected chi connectivity index (χ4v) is 3.45. The van der Waals surface area contributed by atoms with Gasteiger partial charge in [-0.3, -0.25) is 0 Å². The summed E-state index contributed by atoms with van der Waals surface area (Å²) in [5, 5.41) is 0. The number of ether oxygens (including phenoxy) is 1. The number of morpholine rings is 1. The molecule has 2 saturated heterocycles. The van der Waals surface area contributed by atoms with Gasteiger partial charge < -0.3 is 20.3 Å². The normalized spacial score (nSPS) is 18.2. The van der Waals surface area contributed by atoms with Gasteiger partial charge in [-0.2, -0.15) is 0 Å². The number of nitrogens with zero attached hydrogens (tertiary/aromatic N) is 4. The third-order valence-electron chi connectivity index (χ3n) is 4.91. The van der Waals surface area contributed by atoms with Crippen LogP contribution in [0, 0.1) is 12.2 Å². The summed E-state index contributed by atoms with van der Waals surface area (Å²) in [6.45, 7) is 4.63. The average Bonchev–Trinajstić information content (AvgIpc) is 2.71. The highest BCUT2D eigenvalue weighted by molar-refractivity contribution is 5.77. The summed E-state index contributed by atoms with van der Waals surface area (Å²) in [4.78, 5) is 13.0. The molecule has 2 N–H and O–H groups in total. The molecule has 2 aliphatic heterocycles. The average molecular weight is 356 g/mol. The van der Waals surface area contributed by atoms with E-state index in [1.165, 1.54) is 6.07 Å². The second kappa shape index (κ2) is 7.45. The lowest BCUT2D eigenvalue weighted by Crippen LogP contribution is -2.37. The number of hydrogen-bond acceptors (Lipinski definition) is 6. The molecule has 7 heteroatoms. The van der Waals surface area contributed by atoms with Crippen LogP contribution >= 0.6 is 0 Å². The quantitative estimate of drug-likeness (QED) is 0.853. The summed E-state index contributed by atoms with van der Waals surface area (Å²) in [5.74, 6) is 0.345. The van der Waals surface area contributed by atoms with Crippen LogP contribution in [0.25, 0.3) is 11.1 Å². The Morgan fingerprint density at radius 1 is 0.962 bits per heavy atom. The third-order valence-corrected chi connectivity index (χ3v) is 4.91. The summed E-state index contributed by atoms with van der Waals surface area (Å²) in [6.07, 6.45) is 7.57. The summed E-state index contributed by atoms with van der Waals surface area (Å²) < 4.78 is 20.1. The van der Waals surface area contributed by atoms with Crippen LogP contribution in [0.1, 0.15) is 12.8 Å². The molecule has 2 aromatic rings. The smallest absolute Gasteiger partial charge is 0.225 e. The zero-order valence-corrected chi connectivity index (χ0v) is 14.7. The van der Waals surface area contributed by atoms with Crippen LogP contribution in [-0.4, -0.2) is 49.4 Å². The van der Waals surface area contributed by atoms with Crippen molar-refractivity contribution in [1.29, 1.82) is 0 Å². The van der Waals surface area contributed by atoms with Crippen molar-refractivity contribution in [3.63, 3.8) is 0 Å². The van der Waals surface area contributed by atoms with E-state index in [1.807, 2.05) is 0 Å². The Morgan fingerprint density at radius 2 is 1.65 bits per heavy atom. The third kappa shape index (κ3) is 3.44. The fraction of sp³-hybridized carbons (Fsp3) is 0.421. The highest BCUT2D eigenvalue weighted by atomic mass is 19.1. The SMILES string of the molecule is Nc1cc(-c2cnc(N3CCOCC3)nc2)c(F)cc1N1CC[CH]CC1. The number of nitrogen functional groups attached to an aromatic ring is 1. The molecule has 0 bridgehead atoms. The van der Waals surface area contributed by atoms with Gasteiger partial charge in [0.25, 0.3) is 0 Å². The molecule has 6 nitrogen and oxygen atoms in total. The van der Waals surface area contributed by atoms with Gasteiger partial charge in [-0.15, -0.1) is 0 Å². The molecule has 0 saturated carbocycles. The van der Waals surface area contributed by atoms with Gasteiger partial charge in [0.1, 0.15) is 5.82 Å². The predicted molar refractivity (Wildman–Crippen MR) is 101 cm³/mol. The van der Waals surface area contributed by atoms with Crippen molar-refractivity contribution in [1.82, 2.24) is 9.97 Å². The number of anilines is 3. The van der Waals surface area contributed by atoms with Crippen LogP contribution in [0.3, 0.4) is 0 Å². The minimum Gasteiger partial charge on any atom is -0.397 e. The van der Waals surface area contributed by atoms with Crippen molar-refractivity contribution < 1.29 is 9.13 Å². The first-order valence-corrected chi connectivity index (χ1v) is 9.03. The van der Waals surface area contributed by atoms with Crippen molar-refractivity contribution in [2.24, 2.45) is 0 Å². The Hall–Kier alpha value is -2.41. The minimum atomic E-state index is -0.300. The number of halogens is 1. The van der Waals surface area contributed by atoms with E-state index in [9.17, 15) is 4.39 Å². The number of hydrogen-bond donors (Lipinski definition) is 1. The maximum absolute atomic E-state index is 14.8. The second-order valence-electron chi connectivity index (χ2n) is 6.62. The highest BCUT2D eigenvalue weighted by Crippen LogP contribution is 2.33. The topological polar surface area (TPSA) is 67.5 Å². The first-order chi connectivity index (χ1) is 12.7. The van der Waals surface area contributed by atoms with Crippen molar-refractivity contribution >= 4 is 17.3 Å². The van der Waals surface area contributed by atoms with E-state index >= 15 is 0 Å². The molecule has 1 radical (unpaired) electrons. The fourth-order valence-electron chi connectivity index (χ4n) is 3.45. The van der Waals surface area contributed by atoms with Crippen LogP contribution in [0.5, 0.6) is 0 Å². The van der Waals surface area contributed by atoms with E-state index in [0.29, 0.717) is 36.0 Å². The molecule has 0 atom stereocenters. The zero-order valence-electron chi connectivity index (χ0n) is 14.7. The predicted octanol–water partition coefficient (Wildman–Crippen LogP) is 2.51. The van der Waals surface area contributed by atoms with Gasteiger partial charge in [-0.05, 0) is 31.4 Å². The van der Waals surface area contributed by atoms with Crippen LogP contribution in [0.2, 0.25) is 0 Å². The molecule has 2 fully saturated rings. The van der Waals surface area contributed by atoms with Gasteiger partial charge in [0, 0.05) is 49.7 Å². The molecule has 137 valence electrons. The molecular formula is C19H23FN5O. The van der Waals surface area contributed by atoms with E-state index < -0.39 is 0 Å². The standard InChI is InChI=1S/C19H23FN5O/c20-16-11-18(24-4-2-1-3-5-24)17(21)10-15(16)14-12-22-19(23-13-14)25-6-8-26-9-7-25/h1,10-13H,2-9,21H2. The summed E-state index contributed by atoms with van der Waals surface area (Å²) in [7, 11) is 0. The zero-order chi connectivity index (χ0) is 17.9. The second-order valence-corrected chi connectivity index (χ2v) is 6.62. The van der Waals surface area contributed by atoms with Crippen molar-refractivity contribution in [2.75, 3.05) is 54.9 Å². The van der Waals surface area contributed by atoms with Crippen LogP contribution in [0.4, 0.5) is 21.7 Å². The molecule has 0 amide bonds. The van der Waals surface area contributed by atoms with Crippen molar-refractivity contribution in [2.45, 2.75) is 12.8 Å². The summed E-state index contributed by atoms with van der Waals surface area (Å²) in [6, 6.07) is 3.22. The van der Waals surface area contributed by atoms with Gasteiger partial charge >= 0.3 is 0 Å². The lowest BCUT2D eigenvalue weighted by molar-refractivity contribution is 0.122. The van der Waals surface area contributed by atoms with Crippen molar-refractivity contribution in [3.8, 4) is 11.1 Å².